The predicted octanol–water partition coefficient (Wildman–Crippen LogP) is 2.10. The Morgan fingerprint density at radius 2 is 2.25 bits per heavy atom. The van der Waals surface area contributed by atoms with E-state index < -0.39 is 0 Å². The quantitative estimate of drug-likeness (QED) is 0.840. The summed E-state index contributed by atoms with van der Waals surface area (Å²) in [6.45, 7) is 6.84. The summed E-state index contributed by atoms with van der Waals surface area (Å²) in [5.74, 6) is 0.886. The first-order valence-electron chi connectivity index (χ1n) is 5.42. The number of nitriles is 1. The third-order valence-electron chi connectivity index (χ3n) is 2.52. The summed E-state index contributed by atoms with van der Waals surface area (Å²) in [6.07, 6.45) is 2.18. The molecule has 0 fully saturated rings. The number of nitrogen functional groups attached to an aromatic ring is 1. The number of aryl methyl sites for hydroxylation is 1. The maximum absolute atomic E-state index is 8.63. The van der Waals surface area contributed by atoms with Crippen LogP contribution < -0.4 is 10.6 Å². The first kappa shape index (κ1) is 12.3. The lowest BCUT2D eigenvalue weighted by Crippen LogP contribution is -2.32. The lowest BCUT2D eigenvalue weighted by atomic mass is 10.2. The predicted molar refractivity (Wildman–Crippen MR) is 66.1 cm³/mol. The minimum absolute atomic E-state index is 0.323. The Labute approximate surface area is 96.7 Å². The van der Waals surface area contributed by atoms with Crippen LogP contribution in [0.2, 0.25) is 0 Å². The molecule has 1 aromatic heterocycles. The van der Waals surface area contributed by atoms with Crippen molar-refractivity contribution in [3.63, 3.8) is 0 Å². The largest absolute Gasteiger partial charge is 0.397 e. The number of nitrogens with zero attached hydrogens (tertiary/aromatic N) is 3. The van der Waals surface area contributed by atoms with Gasteiger partial charge in [0.05, 0.1) is 24.4 Å². The van der Waals surface area contributed by atoms with E-state index in [1.807, 2.05) is 13.0 Å². The normalized spacial score (nSPS) is 10.2. The van der Waals surface area contributed by atoms with E-state index in [0.29, 0.717) is 24.7 Å². The zero-order chi connectivity index (χ0) is 12.1. The van der Waals surface area contributed by atoms with Gasteiger partial charge in [0.25, 0.3) is 0 Å². The third-order valence-corrected chi connectivity index (χ3v) is 2.52. The number of rotatable bonds is 4. The van der Waals surface area contributed by atoms with Crippen LogP contribution in [0.5, 0.6) is 0 Å². The lowest BCUT2D eigenvalue weighted by molar-refractivity contribution is 0.677. The molecule has 4 nitrogen and oxygen atoms in total. The summed E-state index contributed by atoms with van der Waals surface area (Å²) in [5.41, 5.74) is 7.45. The zero-order valence-corrected chi connectivity index (χ0v) is 10.1. The highest BCUT2D eigenvalue weighted by Crippen LogP contribution is 2.19. The van der Waals surface area contributed by atoms with Gasteiger partial charge in [0.15, 0.2) is 0 Å². The van der Waals surface area contributed by atoms with E-state index >= 15 is 0 Å². The summed E-state index contributed by atoms with van der Waals surface area (Å²) >= 11 is 0. The standard InChI is InChI=1S/C12H18N4/c1-9(2)16(6-4-5-13)12-7-10(3)11(14)8-15-12/h7-9H,4,6,14H2,1-3H3. The molecule has 1 aromatic rings. The first-order chi connectivity index (χ1) is 7.56. The molecule has 0 aromatic carbocycles. The summed E-state index contributed by atoms with van der Waals surface area (Å²) in [6, 6.07) is 4.44. The number of aromatic nitrogens is 1. The molecule has 0 aliphatic heterocycles. The van der Waals surface area contributed by atoms with Crippen LogP contribution in [0, 0.1) is 18.3 Å². The second kappa shape index (κ2) is 5.36. The van der Waals surface area contributed by atoms with Gasteiger partial charge in [-0.1, -0.05) is 0 Å². The Kier molecular flexibility index (Phi) is 4.12. The van der Waals surface area contributed by atoms with Gasteiger partial charge >= 0.3 is 0 Å². The topological polar surface area (TPSA) is 65.9 Å². The minimum Gasteiger partial charge on any atom is -0.397 e. The average Bonchev–Trinajstić information content (AvgIpc) is 2.23. The molecule has 0 unspecified atom stereocenters. The Bertz CT molecular complexity index is 392. The molecule has 0 radical (unpaired) electrons. The van der Waals surface area contributed by atoms with E-state index in [4.69, 9.17) is 11.0 Å². The zero-order valence-electron chi connectivity index (χ0n) is 10.1. The number of hydrogen-bond acceptors (Lipinski definition) is 4. The molecule has 86 valence electrons. The van der Waals surface area contributed by atoms with Gasteiger partial charge in [0.1, 0.15) is 5.82 Å². The molecule has 2 N–H and O–H groups in total. The van der Waals surface area contributed by atoms with Crippen molar-refractivity contribution in [1.29, 1.82) is 5.26 Å². The van der Waals surface area contributed by atoms with Gasteiger partial charge in [0.2, 0.25) is 0 Å². The van der Waals surface area contributed by atoms with Crippen LogP contribution in [0.25, 0.3) is 0 Å². The maximum atomic E-state index is 8.63. The van der Waals surface area contributed by atoms with Gasteiger partial charge in [-0.2, -0.15) is 5.26 Å². The van der Waals surface area contributed by atoms with Gasteiger partial charge in [0, 0.05) is 12.6 Å². The molecular formula is C12H18N4. The van der Waals surface area contributed by atoms with Crippen LogP contribution in [-0.2, 0) is 0 Å². The smallest absolute Gasteiger partial charge is 0.129 e. The fourth-order valence-electron chi connectivity index (χ4n) is 1.52. The van der Waals surface area contributed by atoms with Crippen LogP contribution in [0.1, 0.15) is 25.8 Å². The third kappa shape index (κ3) is 2.86. The Morgan fingerprint density at radius 3 is 2.75 bits per heavy atom. The van der Waals surface area contributed by atoms with Crippen LogP contribution in [0.15, 0.2) is 12.3 Å². The molecule has 4 heteroatoms. The van der Waals surface area contributed by atoms with Gasteiger partial charge in [-0.3, -0.25) is 0 Å². The van der Waals surface area contributed by atoms with Gasteiger partial charge < -0.3 is 10.6 Å². The van der Waals surface area contributed by atoms with Gasteiger partial charge in [-0.25, -0.2) is 4.98 Å². The second-order valence-corrected chi connectivity index (χ2v) is 4.09. The maximum Gasteiger partial charge on any atom is 0.129 e. The van der Waals surface area contributed by atoms with E-state index in [-0.39, 0.29) is 0 Å². The molecule has 1 heterocycles. The molecule has 0 spiro atoms. The molecular weight excluding hydrogens is 200 g/mol. The highest BCUT2D eigenvalue weighted by atomic mass is 15.2. The summed E-state index contributed by atoms with van der Waals surface area (Å²) in [4.78, 5) is 6.41. The van der Waals surface area contributed by atoms with Crippen molar-refractivity contribution in [2.45, 2.75) is 33.2 Å². The van der Waals surface area contributed by atoms with Crippen LogP contribution in [0.3, 0.4) is 0 Å². The van der Waals surface area contributed by atoms with Crippen molar-refractivity contribution in [2.75, 3.05) is 17.2 Å². The molecule has 0 aliphatic carbocycles. The number of nitrogens with two attached hydrogens (primary N) is 1. The molecule has 0 saturated carbocycles. The lowest BCUT2D eigenvalue weighted by Gasteiger charge is -2.27. The fraction of sp³-hybridized carbons (Fsp3) is 0.500. The highest BCUT2D eigenvalue weighted by Gasteiger charge is 2.12. The Morgan fingerprint density at radius 1 is 1.56 bits per heavy atom. The first-order valence-corrected chi connectivity index (χ1v) is 5.42. The van der Waals surface area contributed by atoms with E-state index in [1.165, 1.54) is 0 Å². The van der Waals surface area contributed by atoms with Crippen molar-refractivity contribution >= 4 is 11.5 Å². The molecule has 1 rings (SSSR count). The van der Waals surface area contributed by atoms with E-state index in [2.05, 4.69) is 29.8 Å². The van der Waals surface area contributed by atoms with Crippen molar-refractivity contribution in [3.8, 4) is 6.07 Å². The van der Waals surface area contributed by atoms with Crippen molar-refractivity contribution in [2.24, 2.45) is 0 Å². The van der Waals surface area contributed by atoms with E-state index in [1.54, 1.807) is 6.20 Å². The highest BCUT2D eigenvalue weighted by molar-refractivity contribution is 5.52. The minimum atomic E-state index is 0.323. The Balaban J connectivity index is 2.93. The monoisotopic (exact) mass is 218 g/mol. The number of anilines is 2. The number of hydrogen-bond donors (Lipinski definition) is 1. The summed E-state index contributed by atoms with van der Waals surface area (Å²) < 4.78 is 0. The molecule has 16 heavy (non-hydrogen) atoms. The van der Waals surface area contributed by atoms with Crippen LogP contribution >= 0.6 is 0 Å². The van der Waals surface area contributed by atoms with E-state index in [0.717, 1.165) is 11.4 Å². The van der Waals surface area contributed by atoms with E-state index in [9.17, 15) is 0 Å². The van der Waals surface area contributed by atoms with Crippen molar-refractivity contribution < 1.29 is 0 Å². The SMILES string of the molecule is Cc1cc(N(CCC#N)C(C)C)ncc1N. The molecule has 0 atom stereocenters. The average molecular weight is 218 g/mol. The summed E-state index contributed by atoms with van der Waals surface area (Å²) in [5, 5.41) is 8.63. The summed E-state index contributed by atoms with van der Waals surface area (Å²) in [7, 11) is 0. The molecule has 0 aliphatic rings. The Hall–Kier alpha value is -1.76. The van der Waals surface area contributed by atoms with Crippen LogP contribution in [-0.4, -0.2) is 17.6 Å². The van der Waals surface area contributed by atoms with Crippen LogP contribution in [0.4, 0.5) is 11.5 Å². The molecule has 0 bridgehead atoms. The van der Waals surface area contributed by atoms with Gasteiger partial charge in [-0.05, 0) is 32.4 Å². The molecule has 0 saturated heterocycles. The van der Waals surface area contributed by atoms with Gasteiger partial charge in [-0.15, -0.1) is 0 Å². The number of pyridine rings is 1. The fourth-order valence-corrected chi connectivity index (χ4v) is 1.52. The molecule has 0 amide bonds. The van der Waals surface area contributed by atoms with Crippen molar-refractivity contribution in [3.05, 3.63) is 17.8 Å². The van der Waals surface area contributed by atoms with Crippen molar-refractivity contribution in [1.82, 2.24) is 4.98 Å². The second-order valence-electron chi connectivity index (χ2n) is 4.09.